The van der Waals surface area contributed by atoms with Gasteiger partial charge in [0.1, 0.15) is 5.54 Å². The predicted molar refractivity (Wildman–Crippen MR) is 111 cm³/mol. The van der Waals surface area contributed by atoms with Gasteiger partial charge < -0.3 is 4.57 Å². The summed E-state index contributed by atoms with van der Waals surface area (Å²) in [6.45, 7) is 2.01. The zero-order chi connectivity index (χ0) is 18.7. The molecule has 1 aromatic heterocycles. The van der Waals surface area contributed by atoms with Gasteiger partial charge in [0.2, 0.25) is 0 Å². The Morgan fingerprint density at radius 2 is 1.15 bits per heavy atom. The minimum Gasteiger partial charge on any atom is -0.315 e. The Kier molecular flexibility index (Phi) is 4.83. The molecule has 0 spiro atoms. The Balaban J connectivity index is 2.17. The SMILES string of the molecule is Cc1ncn(C(c2ccccc2)(c2ccccc2)c2ccccc2)c1CCl. The lowest BCUT2D eigenvalue weighted by molar-refractivity contribution is 0.501. The molecule has 4 aromatic rings. The summed E-state index contributed by atoms with van der Waals surface area (Å²) >= 11 is 6.39. The van der Waals surface area contributed by atoms with Gasteiger partial charge in [-0.3, -0.25) is 0 Å². The molecule has 0 bridgehead atoms. The van der Waals surface area contributed by atoms with Crippen LogP contribution in [-0.4, -0.2) is 9.55 Å². The monoisotopic (exact) mass is 372 g/mol. The van der Waals surface area contributed by atoms with Crippen molar-refractivity contribution in [1.29, 1.82) is 0 Å². The predicted octanol–water partition coefficient (Wildman–Crippen LogP) is 5.77. The fourth-order valence-corrected chi connectivity index (χ4v) is 4.19. The van der Waals surface area contributed by atoms with Gasteiger partial charge >= 0.3 is 0 Å². The second-order valence-corrected chi connectivity index (χ2v) is 6.86. The molecule has 0 aliphatic rings. The Morgan fingerprint density at radius 1 is 0.741 bits per heavy atom. The number of aromatic nitrogens is 2. The van der Waals surface area contributed by atoms with E-state index in [-0.39, 0.29) is 0 Å². The average Bonchev–Trinajstić information content (AvgIpc) is 3.12. The number of halogens is 1. The minimum absolute atomic E-state index is 0.403. The smallest absolute Gasteiger partial charge is 0.121 e. The van der Waals surface area contributed by atoms with Crippen LogP contribution in [-0.2, 0) is 11.4 Å². The highest BCUT2D eigenvalue weighted by Gasteiger charge is 2.39. The first-order valence-corrected chi connectivity index (χ1v) is 9.57. The first kappa shape index (κ1) is 17.6. The third-order valence-corrected chi connectivity index (χ3v) is 5.39. The van der Waals surface area contributed by atoms with Crippen molar-refractivity contribution in [2.75, 3.05) is 0 Å². The molecule has 1 heterocycles. The number of aryl methyl sites for hydroxylation is 1. The number of rotatable bonds is 5. The zero-order valence-corrected chi connectivity index (χ0v) is 16.0. The fraction of sp³-hybridized carbons (Fsp3) is 0.125. The molecule has 0 saturated heterocycles. The van der Waals surface area contributed by atoms with E-state index in [4.69, 9.17) is 11.6 Å². The van der Waals surface area contributed by atoms with Crippen LogP contribution in [0, 0.1) is 6.92 Å². The van der Waals surface area contributed by atoms with Crippen LogP contribution in [0.5, 0.6) is 0 Å². The lowest BCUT2D eigenvalue weighted by atomic mass is 9.76. The van der Waals surface area contributed by atoms with Crippen molar-refractivity contribution < 1.29 is 0 Å². The minimum atomic E-state index is -0.546. The Labute approximate surface area is 165 Å². The second-order valence-electron chi connectivity index (χ2n) is 6.59. The highest BCUT2D eigenvalue weighted by atomic mass is 35.5. The molecule has 0 atom stereocenters. The average molecular weight is 373 g/mol. The third-order valence-electron chi connectivity index (χ3n) is 5.14. The highest BCUT2D eigenvalue weighted by molar-refractivity contribution is 6.17. The molecular formula is C24H21ClN2. The van der Waals surface area contributed by atoms with Crippen LogP contribution < -0.4 is 0 Å². The molecular weight excluding hydrogens is 352 g/mol. The van der Waals surface area contributed by atoms with Crippen LogP contribution in [0.15, 0.2) is 97.3 Å². The number of alkyl halides is 1. The fourth-order valence-electron chi connectivity index (χ4n) is 3.87. The Morgan fingerprint density at radius 3 is 1.52 bits per heavy atom. The number of imidazole rings is 1. The molecule has 4 rings (SSSR count). The van der Waals surface area contributed by atoms with Gasteiger partial charge in [0.25, 0.3) is 0 Å². The van der Waals surface area contributed by atoms with Crippen molar-refractivity contribution in [3.05, 3.63) is 125 Å². The van der Waals surface area contributed by atoms with E-state index in [9.17, 15) is 0 Å². The van der Waals surface area contributed by atoms with Crippen molar-refractivity contribution in [2.24, 2.45) is 0 Å². The van der Waals surface area contributed by atoms with Crippen molar-refractivity contribution in [1.82, 2.24) is 9.55 Å². The molecule has 0 radical (unpaired) electrons. The van der Waals surface area contributed by atoms with Crippen LogP contribution in [0.1, 0.15) is 28.1 Å². The maximum absolute atomic E-state index is 6.39. The number of nitrogens with zero attached hydrogens (tertiary/aromatic N) is 2. The highest BCUT2D eigenvalue weighted by Crippen LogP contribution is 2.42. The van der Waals surface area contributed by atoms with Crippen LogP contribution in [0.2, 0.25) is 0 Å². The largest absolute Gasteiger partial charge is 0.315 e. The molecule has 3 aromatic carbocycles. The summed E-state index contributed by atoms with van der Waals surface area (Å²) in [4.78, 5) is 4.61. The van der Waals surface area contributed by atoms with Gasteiger partial charge in [-0.1, -0.05) is 91.0 Å². The molecule has 3 heteroatoms. The summed E-state index contributed by atoms with van der Waals surface area (Å²) < 4.78 is 2.23. The molecule has 0 aliphatic carbocycles. The van der Waals surface area contributed by atoms with Gasteiger partial charge in [-0.25, -0.2) is 4.98 Å². The van der Waals surface area contributed by atoms with E-state index in [0.29, 0.717) is 5.88 Å². The van der Waals surface area contributed by atoms with Crippen LogP contribution in [0.4, 0.5) is 0 Å². The molecule has 27 heavy (non-hydrogen) atoms. The maximum Gasteiger partial charge on any atom is 0.121 e. The first-order chi connectivity index (χ1) is 13.3. The zero-order valence-electron chi connectivity index (χ0n) is 15.2. The van der Waals surface area contributed by atoms with Crippen molar-refractivity contribution in [3.8, 4) is 0 Å². The normalized spacial score (nSPS) is 11.5. The quantitative estimate of drug-likeness (QED) is 0.321. The van der Waals surface area contributed by atoms with E-state index in [1.807, 2.05) is 31.5 Å². The lowest BCUT2D eigenvalue weighted by Gasteiger charge is -2.38. The summed E-state index contributed by atoms with van der Waals surface area (Å²) in [5.74, 6) is 0.403. The molecule has 0 fully saturated rings. The number of hydrogen-bond donors (Lipinski definition) is 0. The van der Waals surface area contributed by atoms with Crippen LogP contribution >= 0.6 is 11.6 Å². The summed E-state index contributed by atoms with van der Waals surface area (Å²) in [5, 5.41) is 0. The van der Waals surface area contributed by atoms with Gasteiger partial charge in [0, 0.05) is 0 Å². The third kappa shape index (κ3) is 2.87. The Hall–Kier alpha value is -2.84. The maximum atomic E-state index is 6.39. The van der Waals surface area contributed by atoms with Crippen molar-refractivity contribution in [3.63, 3.8) is 0 Å². The summed E-state index contributed by atoms with van der Waals surface area (Å²) in [7, 11) is 0. The number of benzene rings is 3. The summed E-state index contributed by atoms with van der Waals surface area (Å²) in [6, 6.07) is 31.7. The van der Waals surface area contributed by atoms with E-state index in [2.05, 4.69) is 82.3 Å². The summed E-state index contributed by atoms with van der Waals surface area (Å²) in [5.41, 5.74) is 4.95. The first-order valence-electron chi connectivity index (χ1n) is 9.04. The van der Waals surface area contributed by atoms with Gasteiger partial charge in [0.15, 0.2) is 0 Å². The summed E-state index contributed by atoms with van der Waals surface area (Å²) in [6.07, 6.45) is 1.92. The van der Waals surface area contributed by atoms with Crippen LogP contribution in [0.3, 0.4) is 0 Å². The van der Waals surface area contributed by atoms with Crippen molar-refractivity contribution >= 4 is 11.6 Å². The molecule has 134 valence electrons. The molecule has 0 saturated carbocycles. The van der Waals surface area contributed by atoms with E-state index in [1.54, 1.807) is 0 Å². The molecule has 0 unspecified atom stereocenters. The molecule has 0 amide bonds. The van der Waals surface area contributed by atoms with E-state index >= 15 is 0 Å². The molecule has 0 aliphatic heterocycles. The van der Waals surface area contributed by atoms with Gasteiger partial charge in [-0.2, -0.15) is 0 Å². The van der Waals surface area contributed by atoms with Crippen LogP contribution in [0.25, 0.3) is 0 Å². The number of hydrogen-bond acceptors (Lipinski definition) is 1. The topological polar surface area (TPSA) is 17.8 Å². The van der Waals surface area contributed by atoms with Gasteiger partial charge in [-0.15, -0.1) is 11.6 Å². The molecule has 0 N–H and O–H groups in total. The van der Waals surface area contributed by atoms with E-state index in [0.717, 1.165) is 11.4 Å². The van der Waals surface area contributed by atoms with Crippen molar-refractivity contribution in [2.45, 2.75) is 18.3 Å². The van der Waals surface area contributed by atoms with Gasteiger partial charge in [0.05, 0.1) is 23.6 Å². The van der Waals surface area contributed by atoms with E-state index < -0.39 is 5.54 Å². The van der Waals surface area contributed by atoms with Gasteiger partial charge in [-0.05, 0) is 23.6 Å². The lowest BCUT2D eigenvalue weighted by Crippen LogP contribution is -2.38. The molecule has 2 nitrogen and oxygen atoms in total. The standard InChI is InChI=1S/C24H21ClN2/c1-19-23(17-25)27(18-26-19)24(20-11-5-2-6-12-20,21-13-7-3-8-14-21)22-15-9-4-10-16-22/h2-16,18H,17H2,1H3. The Bertz CT molecular complexity index is 912. The second kappa shape index (κ2) is 7.42. The van der Waals surface area contributed by atoms with E-state index in [1.165, 1.54) is 16.7 Å².